The number of anilines is 1. The fourth-order valence-electron chi connectivity index (χ4n) is 4.65. The van der Waals surface area contributed by atoms with Gasteiger partial charge in [-0.05, 0) is 59.9 Å². The summed E-state index contributed by atoms with van der Waals surface area (Å²) >= 11 is 6.40. The minimum absolute atomic E-state index is 0.0672. The minimum Gasteiger partial charge on any atom is -0.507 e. The lowest BCUT2D eigenvalue weighted by Gasteiger charge is -2.22. The van der Waals surface area contributed by atoms with Crippen molar-refractivity contribution in [3.63, 3.8) is 0 Å². The van der Waals surface area contributed by atoms with Gasteiger partial charge in [-0.3, -0.25) is 4.72 Å². The first-order chi connectivity index (χ1) is 17.8. The number of pyridine rings is 1. The predicted molar refractivity (Wildman–Crippen MR) is 151 cm³/mol. The number of aromatic nitrogens is 1. The quantitative estimate of drug-likeness (QED) is 0.224. The molecular weight excluding hydrogens is 524 g/mol. The molecular formula is C29H31ClN2O5S. The van der Waals surface area contributed by atoms with Gasteiger partial charge in [-0.15, -0.1) is 0 Å². The monoisotopic (exact) mass is 554 g/mol. The number of rotatable bonds is 6. The summed E-state index contributed by atoms with van der Waals surface area (Å²) in [5.41, 5.74) is 2.92. The number of nitrogens with one attached hydrogen (secondary N) is 1. The summed E-state index contributed by atoms with van der Waals surface area (Å²) in [6, 6.07) is 12.8. The lowest BCUT2D eigenvalue weighted by molar-refractivity contribution is 0.390. The highest BCUT2D eigenvalue weighted by atomic mass is 35.5. The Hall–Kier alpha value is -3.49. The summed E-state index contributed by atoms with van der Waals surface area (Å²) in [6.45, 7) is 9.88. The van der Waals surface area contributed by atoms with E-state index in [-0.39, 0.29) is 43.3 Å². The molecule has 7 nitrogen and oxygen atoms in total. The van der Waals surface area contributed by atoms with Gasteiger partial charge in [0.1, 0.15) is 11.5 Å². The van der Waals surface area contributed by atoms with E-state index in [0.717, 1.165) is 16.7 Å². The Bertz CT molecular complexity index is 1630. The normalized spacial score (nSPS) is 12.9. The van der Waals surface area contributed by atoms with Crippen molar-refractivity contribution in [1.82, 2.24) is 4.98 Å². The van der Waals surface area contributed by atoms with Crippen LogP contribution in [0.15, 0.2) is 59.6 Å². The van der Waals surface area contributed by atoms with E-state index in [1.165, 1.54) is 25.3 Å². The second-order valence-electron chi connectivity index (χ2n) is 10.3. The Morgan fingerprint density at radius 3 is 2.29 bits per heavy atom. The summed E-state index contributed by atoms with van der Waals surface area (Å²) < 4.78 is 34.7. The van der Waals surface area contributed by atoms with Crippen molar-refractivity contribution in [3.05, 3.63) is 82.0 Å². The molecule has 0 bridgehead atoms. The van der Waals surface area contributed by atoms with Gasteiger partial charge in [0.05, 0.1) is 28.1 Å². The molecule has 200 valence electrons. The molecule has 0 amide bonds. The van der Waals surface area contributed by atoms with Crippen LogP contribution in [0.1, 0.15) is 55.9 Å². The lowest BCUT2D eigenvalue weighted by atomic mass is 9.87. The topological polar surface area (TPSA) is 109 Å². The number of ether oxygens (including phenoxy) is 1. The Kier molecular flexibility index (Phi) is 7.25. The first kappa shape index (κ1) is 27.5. The standard InChI is InChI=1S/C29H31ClN2O5S/c1-16-13-14-31-28(37-6)24(16)17(2)20-15-23(33)25-21(30)11-12-22(26(25)27(20)34)32-38(35,36)19-9-7-18(8-10-19)29(3,4)5/h7-15,17,32-34H,1-6H3. The zero-order valence-corrected chi connectivity index (χ0v) is 23.7. The van der Waals surface area contributed by atoms with Gasteiger partial charge in [-0.2, -0.15) is 0 Å². The van der Waals surface area contributed by atoms with Gasteiger partial charge >= 0.3 is 0 Å². The van der Waals surface area contributed by atoms with Crippen LogP contribution in [-0.4, -0.2) is 30.7 Å². The second-order valence-corrected chi connectivity index (χ2v) is 12.4. The van der Waals surface area contributed by atoms with Gasteiger partial charge in [0.25, 0.3) is 10.0 Å². The van der Waals surface area contributed by atoms with Crippen LogP contribution in [0.3, 0.4) is 0 Å². The van der Waals surface area contributed by atoms with Crippen LogP contribution >= 0.6 is 11.6 Å². The van der Waals surface area contributed by atoms with E-state index in [0.29, 0.717) is 11.4 Å². The first-order valence-corrected chi connectivity index (χ1v) is 13.9. The van der Waals surface area contributed by atoms with E-state index < -0.39 is 15.9 Å². The number of hydrogen-bond donors (Lipinski definition) is 3. The van der Waals surface area contributed by atoms with Crippen molar-refractivity contribution in [1.29, 1.82) is 0 Å². The van der Waals surface area contributed by atoms with Gasteiger partial charge in [-0.1, -0.05) is 51.4 Å². The third-order valence-corrected chi connectivity index (χ3v) is 8.45. The van der Waals surface area contributed by atoms with Crippen LogP contribution in [0.4, 0.5) is 5.69 Å². The molecule has 0 saturated carbocycles. The molecule has 1 unspecified atom stereocenters. The number of phenolic OH excluding ortho intramolecular Hbond substituents is 2. The summed E-state index contributed by atoms with van der Waals surface area (Å²) in [5, 5.41) is 22.9. The number of methoxy groups -OCH3 is 1. The number of aryl methyl sites for hydroxylation is 1. The summed E-state index contributed by atoms with van der Waals surface area (Å²) in [4.78, 5) is 4.34. The molecule has 1 atom stereocenters. The molecule has 3 N–H and O–H groups in total. The molecule has 9 heteroatoms. The number of hydrogen-bond acceptors (Lipinski definition) is 6. The van der Waals surface area contributed by atoms with Crippen LogP contribution in [0.2, 0.25) is 5.02 Å². The van der Waals surface area contributed by atoms with Crippen molar-refractivity contribution >= 4 is 38.1 Å². The average Bonchev–Trinajstić information content (AvgIpc) is 2.86. The zero-order chi connectivity index (χ0) is 28.0. The van der Waals surface area contributed by atoms with E-state index in [1.54, 1.807) is 30.5 Å². The Balaban J connectivity index is 1.87. The van der Waals surface area contributed by atoms with Gasteiger partial charge in [0.2, 0.25) is 5.88 Å². The third kappa shape index (κ3) is 4.98. The number of halogens is 1. The lowest BCUT2D eigenvalue weighted by Crippen LogP contribution is -2.15. The van der Waals surface area contributed by atoms with E-state index in [2.05, 4.69) is 9.71 Å². The maximum absolute atomic E-state index is 13.3. The molecule has 1 aromatic heterocycles. The van der Waals surface area contributed by atoms with Crippen molar-refractivity contribution in [3.8, 4) is 17.4 Å². The number of phenols is 2. The molecule has 38 heavy (non-hydrogen) atoms. The number of fused-ring (bicyclic) bond motifs is 1. The molecule has 0 aliphatic carbocycles. The van der Waals surface area contributed by atoms with E-state index in [1.807, 2.05) is 40.7 Å². The summed E-state index contributed by atoms with van der Waals surface area (Å²) in [6.07, 6.45) is 1.63. The van der Waals surface area contributed by atoms with Crippen molar-refractivity contribution in [2.75, 3.05) is 11.8 Å². The fourth-order valence-corrected chi connectivity index (χ4v) is 5.97. The first-order valence-electron chi connectivity index (χ1n) is 12.1. The molecule has 3 aromatic carbocycles. The van der Waals surface area contributed by atoms with Crippen LogP contribution in [0, 0.1) is 6.92 Å². The van der Waals surface area contributed by atoms with Crippen molar-refractivity contribution < 1.29 is 23.4 Å². The van der Waals surface area contributed by atoms with Crippen LogP contribution in [0.25, 0.3) is 10.8 Å². The fraction of sp³-hybridized carbons (Fsp3) is 0.276. The number of aromatic hydroxyl groups is 2. The number of nitrogens with zero attached hydrogens (tertiary/aromatic N) is 1. The Morgan fingerprint density at radius 1 is 1.03 bits per heavy atom. The molecule has 0 radical (unpaired) electrons. The van der Waals surface area contributed by atoms with Crippen LogP contribution < -0.4 is 9.46 Å². The van der Waals surface area contributed by atoms with Gasteiger partial charge in [0.15, 0.2) is 0 Å². The van der Waals surface area contributed by atoms with Gasteiger partial charge < -0.3 is 14.9 Å². The predicted octanol–water partition coefficient (Wildman–Crippen LogP) is 6.87. The van der Waals surface area contributed by atoms with Gasteiger partial charge in [0, 0.05) is 28.6 Å². The Labute approximate surface area is 228 Å². The molecule has 0 saturated heterocycles. The maximum Gasteiger partial charge on any atom is 0.261 e. The Morgan fingerprint density at radius 2 is 1.68 bits per heavy atom. The highest BCUT2D eigenvalue weighted by Crippen LogP contribution is 2.48. The molecule has 4 rings (SSSR count). The highest BCUT2D eigenvalue weighted by molar-refractivity contribution is 7.92. The molecule has 0 spiro atoms. The highest BCUT2D eigenvalue weighted by Gasteiger charge is 2.26. The molecule has 0 fully saturated rings. The summed E-state index contributed by atoms with van der Waals surface area (Å²) in [7, 11) is -2.52. The smallest absolute Gasteiger partial charge is 0.261 e. The minimum atomic E-state index is -4.03. The SMILES string of the molecule is COc1nccc(C)c1C(C)c1cc(O)c2c(Cl)ccc(NS(=O)(=O)c3ccc(C(C)(C)C)cc3)c2c1O. The molecule has 4 aromatic rings. The van der Waals surface area contributed by atoms with Crippen molar-refractivity contribution in [2.24, 2.45) is 0 Å². The van der Waals surface area contributed by atoms with Crippen LogP contribution in [-0.2, 0) is 15.4 Å². The van der Waals surface area contributed by atoms with E-state index in [9.17, 15) is 18.6 Å². The van der Waals surface area contributed by atoms with Gasteiger partial charge in [-0.25, -0.2) is 13.4 Å². The van der Waals surface area contributed by atoms with Crippen LogP contribution in [0.5, 0.6) is 17.4 Å². The second kappa shape index (κ2) is 10.0. The molecule has 1 heterocycles. The third-order valence-electron chi connectivity index (χ3n) is 6.75. The average molecular weight is 555 g/mol. The molecule has 0 aliphatic rings. The van der Waals surface area contributed by atoms with Crippen molar-refractivity contribution in [2.45, 2.75) is 50.8 Å². The largest absolute Gasteiger partial charge is 0.507 e. The van der Waals surface area contributed by atoms with E-state index in [4.69, 9.17) is 16.3 Å². The molecule has 0 aliphatic heterocycles. The number of sulfonamides is 1. The maximum atomic E-state index is 13.3. The summed E-state index contributed by atoms with van der Waals surface area (Å²) in [5.74, 6) is -0.468. The van der Waals surface area contributed by atoms with E-state index >= 15 is 0 Å². The number of benzene rings is 3. The zero-order valence-electron chi connectivity index (χ0n) is 22.1.